The molecule has 1 aliphatic carbocycles. The molecule has 4 amide bonds. The molecule has 1 saturated carbocycles. The maximum atomic E-state index is 12.6. The van der Waals surface area contributed by atoms with Crippen molar-refractivity contribution < 1.29 is 19.1 Å². The lowest BCUT2D eigenvalue weighted by Crippen LogP contribution is -2.51. The van der Waals surface area contributed by atoms with Crippen molar-refractivity contribution in [2.24, 2.45) is 0 Å². The zero-order valence-corrected chi connectivity index (χ0v) is 17.3. The number of nitrogens with one attached hydrogen (secondary N) is 3. The summed E-state index contributed by atoms with van der Waals surface area (Å²) in [6.07, 6.45) is 7.28. The van der Waals surface area contributed by atoms with Gasteiger partial charge >= 0.3 is 12.1 Å². The smallest absolute Gasteiger partial charge is 0.321 e. The van der Waals surface area contributed by atoms with E-state index in [9.17, 15) is 9.59 Å². The van der Waals surface area contributed by atoms with E-state index in [1.54, 1.807) is 37.3 Å². The van der Waals surface area contributed by atoms with Crippen molar-refractivity contribution in [3.8, 4) is 11.5 Å². The number of nitrogens with zero attached hydrogens (tertiary/aromatic N) is 1. The second-order valence-electron chi connectivity index (χ2n) is 7.75. The predicted molar refractivity (Wildman–Crippen MR) is 112 cm³/mol. The highest BCUT2D eigenvalue weighted by atomic mass is 16.5. The topological polar surface area (TPSA) is 91.9 Å². The Bertz CT molecular complexity index is 676. The van der Waals surface area contributed by atoms with Crippen LogP contribution in [0, 0.1) is 0 Å². The third kappa shape index (κ3) is 6.17. The molecule has 1 saturated heterocycles. The number of carbonyl (C=O) groups is 2. The van der Waals surface area contributed by atoms with Crippen molar-refractivity contribution in [3.05, 3.63) is 18.2 Å². The van der Waals surface area contributed by atoms with Crippen molar-refractivity contribution in [1.82, 2.24) is 15.5 Å². The molecule has 3 N–H and O–H groups in total. The Morgan fingerprint density at radius 1 is 0.862 bits per heavy atom. The average Bonchev–Trinajstić information content (AvgIpc) is 2.74. The summed E-state index contributed by atoms with van der Waals surface area (Å²) >= 11 is 0. The molecule has 29 heavy (non-hydrogen) atoms. The molecule has 3 rings (SSSR count). The van der Waals surface area contributed by atoms with E-state index in [2.05, 4.69) is 16.0 Å². The molecule has 1 aromatic rings. The molecule has 0 bridgehead atoms. The Hall–Kier alpha value is -2.64. The van der Waals surface area contributed by atoms with Crippen LogP contribution in [-0.2, 0) is 0 Å². The van der Waals surface area contributed by atoms with Gasteiger partial charge in [-0.25, -0.2) is 9.59 Å². The van der Waals surface area contributed by atoms with E-state index in [1.807, 2.05) is 0 Å². The SMILES string of the molecule is COc1cc(NC(=O)N2CCC(NC(=O)NC3CCCCC3)CC2)cc(OC)c1. The fourth-order valence-corrected chi connectivity index (χ4v) is 3.97. The number of rotatable bonds is 5. The molecule has 2 aliphatic rings. The molecule has 0 atom stereocenters. The molecule has 8 nitrogen and oxygen atoms in total. The van der Waals surface area contributed by atoms with Gasteiger partial charge in [-0.3, -0.25) is 0 Å². The van der Waals surface area contributed by atoms with Gasteiger partial charge in [-0.2, -0.15) is 0 Å². The van der Waals surface area contributed by atoms with Gasteiger partial charge in [0, 0.05) is 49.1 Å². The first kappa shape index (κ1) is 21.1. The fraction of sp³-hybridized carbons (Fsp3) is 0.619. The molecule has 1 aromatic carbocycles. The maximum Gasteiger partial charge on any atom is 0.321 e. The van der Waals surface area contributed by atoms with Crippen LogP contribution in [-0.4, -0.2) is 56.4 Å². The summed E-state index contributed by atoms with van der Waals surface area (Å²) in [6, 6.07) is 5.42. The second-order valence-corrected chi connectivity index (χ2v) is 7.75. The van der Waals surface area contributed by atoms with Crippen LogP contribution in [0.25, 0.3) is 0 Å². The normalized spacial score (nSPS) is 18.1. The van der Waals surface area contributed by atoms with Crippen LogP contribution in [0.1, 0.15) is 44.9 Å². The van der Waals surface area contributed by atoms with E-state index in [1.165, 1.54) is 19.3 Å². The Morgan fingerprint density at radius 2 is 1.41 bits per heavy atom. The first-order valence-corrected chi connectivity index (χ1v) is 10.4. The van der Waals surface area contributed by atoms with Crippen molar-refractivity contribution in [1.29, 1.82) is 0 Å². The molecular weight excluding hydrogens is 372 g/mol. The maximum absolute atomic E-state index is 12.6. The Balaban J connectivity index is 1.44. The van der Waals surface area contributed by atoms with Gasteiger partial charge < -0.3 is 30.3 Å². The largest absolute Gasteiger partial charge is 0.497 e. The minimum atomic E-state index is -0.162. The Labute approximate surface area is 172 Å². The standard InChI is InChI=1S/C21H32N4O4/c1-28-18-12-17(13-19(14-18)29-2)24-21(27)25-10-8-16(9-11-25)23-20(26)22-15-6-4-3-5-7-15/h12-16H,3-11H2,1-2H3,(H,24,27)(H2,22,23,26). The number of hydrogen-bond acceptors (Lipinski definition) is 4. The van der Waals surface area contributed by atoms with Gasteiger partial charge in [0.05, 0.1) is 14.2 Å². The Morgan fingerprint density at radius 3 is 1.97 bits per heavy atom. The van der Waals surface area contributed by atoms with Crippen molar-refractivity contribution >= 4 is 17.7 Å². The van der Waals surface area contributed by atoms with Crippen LogP contribution in [0.2, 0.25) is 0 Å². The molecule has 1 heterocycles. The number of likely N-dealkylation sites (tertiary alicyclic amines) is 1. The van der Waals surface area contributed by atoms with Crippen LogP contribution >= 0.6 is 0 Å². The molecule has 160 valence electrons. The second kappa shape index (κ2) is 10.2. The van der Waals surface area contributed by atoms with E-state index in [0.29, 0.717) is 36.3 Å². The molecule has 1 aliphatic heterocycles. The number of methoxy groups -OCH3 is 2. The van der Waals surface area contributed by atoms with Crippen LogP contribution in [0.3, 0.4) is 0 Å². The monoisotopic (exact) mass is 404 g/mol. The number of piperidine rings is 1. The van der Waals surface area contributed by atoms with E-state index in [-0.39, 0.29) is 18.1 Å². The number of anilines is 1. The van der Waals surface area contributed by atoms with Crippen molar-refractivity contribution in [3.63, 3.8) is 0 Å². The summed E-state index contributed by atoms with van der Waals surface area (Å²) in [5, 5.41) is 9.05. The lowest BCUT2D eigenvalue weighted by molar-refractivity contribution is 0.186. The van der Waals surface area contributed by atoms with Crippen LogP contribution in [0.4, 0.5) is 15.3 Å². The first-order chi connectivity index (χ1) is 14.1. The molecule has 8 heteroatoms. The zero-order valence-electron chi connectivity index (χ0n) is 17.3. The third-order valence-corrected chi connectivity index (χ3v) is 5.66. The summed E-state index contributed by atoms with van der Waals surface area (Å²) < 4.78 is 10.5. The van der Waals surface area contributed by atoms with Crippen LogP contribution in [0.15, 0.2) is 18.2 Å². The molecule has 0 unspecified atom stereocenters. The van der Waals surface area contributed by atoms with E-state index >= 15 is 0 Å². The Kier molecular flexibility index (Phi) is 7.43. The minimum absolute atomic E-state index is 0.0803. The summed E-state index contributed by atoms with van der Waals surface area (Å²) in [5.41, 5.74) is 0.623. The van der Waals surface area contributed by atoms with Crippen LogP contribution in [0.5, 0.6) is 11.5 Å². The third-order valence-electron chi connectivity index (χ3n) is 5.66. The number of benzene rings is 1. The average molecular weight is 405 g/mol. The van der Waals surface area contributed by atoms with E-state index < -0.39 is 0 Å². The lowest BCUT2D eigenvalue weighted by atomic mass is 9.96. The summed E-state index contributed by atoms with van der Waals surface area (Å²) in [7, 11) is 3.14. The number of ether oxygens (including phenoxy) is 2. The summed E-state index contributed by atoms with van der Waals surface area (Å²) in [6.45, 7) is 1.20. The number of hydrogen-bond donors (Lipinski definition) is 3. The van der Waals surface area contributed by atoms with Gasteiger partial charge in [-0.15, -0.1) is 0 Å². The highest BCUT2D eigenvalue weighted by Gasteiger charge is 2.25. The van der Waals surface area contributed by atoms with Gasteiger partial charge in [-0.1, -0.05) is 19.3 Å². The van der Waals surface area contributed by atoms with E-state index in [4.69, 9.17) is 9.47 Å². The quantitative estimate of drug-likeness (QED) is 0.702. The zero-order chi connectivity index (χ0) is 20.6. The molecule has 0 aromatic heterocycles. The van der Waals surface area contributed by atoms with Gasteiger partial charge in [-0.05, 0) is 25.7 Å². The summed E-state index contributed by atoms with van der Waals surface area (Å²) in [5.74, 6) is 1.23. The highest BCUT2D eigenvalue weighted by molar-refractivity contribution is 5.90. The van der Waals surface area contributed by atoms with E-state index in [0.717, 1.165) is 25.7 Å². The van der Waals surface area contributed by atoms with Gasteiger partial charge in [0.25, 0.3) is 0 Å². The van der Waals surface area contributed by atoms with Crippen molar-refractivity contribution in [2.45, 2.75) is 57.0 Å². The minimum Gasteiger partial charge on any atom is -0.497 e. The lowest BCUT2D eigenvalue weighted by Gasteiger charge is -2.33. The van der Waals surface area contributed by atoms with Gasteiger partial charge in [0.15, 0.2) is 0 Å². The molecular formula is C21H32N4O4. The number of carbonyl (C=O) groups excluding carboxylic acids is 2. The van der Waals surface area contributed by atoms with Gasteiger partial charge in [0.1, 0.15) is 11.5 Å². The molecule has 2 fully saturated rings. The van der Waals surface area contributed by atoms with Gasteiger partial charge in [0.2, 0.25) is 0 Å². The summed E-state index contributed by atoms with van der Waals surface area (Å²) in [4.78, 5) is 26.6. The number of amides is 4. The first-order valence-electron chi connectivity index (χ1n) is 10.4. The number of urea groups is 2. The fourth-order valence-electron chi connectivity index (χ4n) is 3.97. The highest BCUT2D eigenvalue weighted by Crippen LogP contribution is 2.26. The van der Waals surface area contributed by atoms with Crippen LogP contribution < -0.4 is 25.4 Å². The van der Waals surface area contributed by atoms with Crippen molar-refractivity contribution in [2.75, 3.05) is 32.6 Å². The molecule has 0 radical (unpaired) electrons. The predicted octanol–water partition coefficient (Wildman–Crippen LogP) is 3.33. The molecule has 0 spiro atoms.